The highest BCUT2D eigenvalue weighted by atomic mass is 19.1. The van der Waals surface area contributed by atoms with Crippen molar-refractivity contribution >= 4 is 11.8 Å². The Bertz CT molecular complexity index is 1080. The van der Waals surface area contributed by atoms with Gasteiger partial charge in [-0.2, -0.15) is 0 Å². The molecule has 1 spiro atoms. The van der Waals surface area contributed by atoms with Crippen molar-refractivity contribution in [2.75, 3.05) is 7.11 Å². The van der Waals surface area contributed by atoms with Crippen LogP contribution in [0.3, 0.4) is 0 Å². The molecule has 0 bridgehead atoms. The van der Waals surface area contributed by atoms with Crippen LogP contribution in [-0.4, -0.2) is 23.9 Å². The number of halogens is 3. The summed E-state index contributed by atoms with van der Waals surface area (Å²) in [7, 11) is 1.27. The topological polar surface area (TPSA) is 63.6 Å². The molecule has 150 valence electrons. The molecule has 1 aliphatic carbocycles. The van der Waals surface area contributed by atoms with Crippen molar-refractivity contribution in [3.05, 3.63) is 76.0 Å². The summed E-state index contributed by atoms with van der Waals surface area (Å²) in [5.74, 6) is -2.58. The number of ether oxygens (including phenoxy) is 1. The van der Waals surface area contributed by atoms with Crippen LogP contribution >= 0.6 is 0 Å². The lowest BCUT2D eigenvalue weighted by molar-refractivity contribution is -0.137. The van der Waals surface area contributed by atoms with Gasteiger partial charge in [0.25, 0.3) is 0 Å². The first-order valence-electron chi connectivity index (χ1n) is 9.12. The molecule has 0 saturated heterocycles. The molecule has 1 atom stereocenters. The summed E-state index contributed by atoms with van der Waals surface area (Å²) in [6, 6.07) is 5.05. The van der Waals surface area contributed by atoms with Gasteiger partial charge < -0.3 is 10.1 Å². The Kier molecular flexibility index (Phi) is 4.64. The third kappa shape index (κ3) is 3.08. The van der Waals surface area contributed by atoms with Crippen molar-refractivity contribution < 1.29 is 22.7 Å². The van der Waals surface area contributed by atoms with Crippen LogP contribution in [0.5, 0.6) is 0 Å². The third-order valence-corrected chi connectivity index (χ3v) is 5.32. The lowest BCUT2D eigenvalue weighted by atomic mass is 9.71. The summed E-state index contributed by atoms with van der Waals surface area (Å²) >= 11 is 0. The van der Waals surface area contributed by atoms with Gasteiger partial charge in [-0.1, -0.05) is 6.07 Å². The van der Waals surface area contributed by atoms with E-state index in [1.165, 1.54) is 19.2 Å². The maximum atomic E-state index is 14.4. The Morgan fingerprint density at radius 3 is 2.72 bits per heavy atom. The maximum Gasteiger partial charge on any atom is 0.338 e. The second kappa shape index (κ2) is 7.02. The number of aryl methyl sites for hydroxylation is 1. The van der Waals surface area contributed by atoms with Crippen molar-refractivity contribution in [2.45, 2.75) is 31.7 Å². The predicted molar refractivity (Wildman–Crippen MR) is 99.6 cm³/mol. The number of pyridine rings is 1. The lowest BCUT2D eigenvalue weighted by Crippen LogP contribution is -2.44. The number of rotatable bonds is 2. The molecule has 0 fully saturated rings. The number of esters is 1. The molecule has 1 aromatic heterocycles. The van der Waals surface area contributed by atoms with Crippen LogP contribution < -0.4 is 5.32 Å². The van der Waals surface area contributed by atoms with Crippen molar-refractivity contribution in [3.63, 3.8) is 0 Å². The molecular weight excluding hydrogens is 383 g/mol. The fourth-order valence-electron chi connectivity index (χ4n) is 4.17. The zero-order valence-corrected chi connectivity index (χ0v) is 15.9. The molecule has 1 unspecified atom stereocenters. The van der Waals surface area contributed by atoms with Gasteiger partial charge in [0.1, 0.15) is 22.9 Å². The number of allylic oxidation sites excluding steroid dienone is 1. The third-order valence-electron chi connectivity index (χ3n) is 5.32. The number of hydrogen-bond acceptors (Lipinski definition) is 5. The highest BCUT2D eigenvalue weighted by Crippen LogP contribution is 2.47. The molecule has 0 saturated carbocycles. The van der Waals surface area contributed by atoms with Gasteiger partial charge in [0.2, 0.25) is 0 Å². The van der Waals surface area contributed by atoms with Gasteiger partial charge >= 0.3 is 5.97 Å². The van der Waals surface area contributed by atoms with Crippen molar-refractivity contribution in [3.8, 4) is 0 Å². The van der Waals surface area contributed by atoms with Crippen molar-refractivity contribution in [2.24, 2.45) is 4.99 Å². The van der Waals surface area contributed by atoms with E-state index in [9.17, 15) is 18.0 Å². The molecule has 2 aromatic rings. The van der Waals surface area contributed by atoms with Crippen LogP contribution in [0.4, 0.5) is 13.2 Å². The van der Waals surface area contributed by atoms with Crippen molar-refractivity contribution in [1.29, 1.82) is 0 Å². The SMILES string of the molecule is COC(=O)C1=C(C)NC(c2ncc(F)cc2F)=NC12CCCc1cc(F)ccc12. The maximum absolute atomic E-state index is 14.4. The van der Waals surface area contributed by atoms with Crippen LogP contribution in [0.15, 0.2) is 46.7 Å². The van der Waals surface area contributed by atoms with Crippen LogP contribution in [-0.2, 0) is 21.5 Å². The zero-order valence-electron chi connectivity index (χ0n) is 15.9. The highest BCUT2D eigenvalue weighted by Gasteiger charge is 2.47. The number of nitrogens with zero attached hydrogens (tertiary/aromatic N) is 2. The summed E-state index contributed by atoms with van der Waals surface area (Å²) in [5, 5.41) is 2.90. The summed E-state index contributed by atoms with van der Waals surface area (Å²) < 4.78 is 46.5. The molecule has 2 heterocycles. The number of carbonyl (C=O) groups is 1. The van der Waals surface area contributed by atoms with Gasteiger partial charge in [0, 0.05) is 11.8 Å². The molecule has 0 amide bonds. The van der Waals surface area contributed by atoms with E-state index < -0.39 is 23.1 Å². The molecule has 1 aliphatic heterocycles. The summed E-state index contributed by atoms with van der Waals surface area (Å²) in [6.07, 6.45) is 2.61. The second-order valence-corrected chi connectivity index (χ2v) is 7.08. The van der Waals surface area contributed by atoms with Crippen LogP contribution in [0.25, 0.3) is 0 Å². The smallest absolute Gasteiger partial charge is 0.338 e. The van der Waals surface area contributed by atoms with E-state index in [-0.39, 0.29) is 22.9 Å². The lowest BCUT2D eigenvalue weighted by Gasteiger charge is -2.40. The number of aromatic nitrogens is 1. The molecule has 2 aliphatic rings. The van der Waals surface area contributed by atoms with Crippen LogP contribution in [0.2, 0.25) is 0 Å². The molecule has 1 aromatic carbocycles. The number of benzene rings is 1. The number of hydrogen-bond donors (Lipinski definition) is 1. The predicted octanol–water partition coefficient (Wildman–Crippen LogP) is 3.53. The number of fused-ring (bicyclic) bond motifs is 2. The van der Waals surface area contributed by atoms with E-state index in [0.717, 1.165) is 17.8 Å². The fourth-order valence-corrected chi connectivity index (χ4v) is 4.17. The van der Waals surface area contributed by atoms with Crippen LogP contribution in [0, 0.1) is 17.5 Å². The minimum absolute atomic E-state index is 0.0739. The molecule has 0 radical (unpaired) electrons. The van der Waals surface area contributed by atoms with E-state index in [4.69, 9.17) is 9.73 Å². The van der Waals surface area contributed by atoms with Gasteiger partial charge in [-0.3, -0.25) is 0 Å². The average molecular weight is 401 g/mol. The normalized spacial score (nSPS) is 20.8. The summed E-state index contributed by atoms with van der Waals surface area (Å²) in [4.78, 5) is 21.2. The molecular formula is C21H18F3N3O2. The van der Waals surface area contributed by atoms with E-state index in [1.54, 1.807) is 13.0 Å². The first-order valence-corrected chi connectivity index (χ1v) is 9.12. The number of methoxy groups -OCH3 is 1. The monoisotopic (exact) mass is 401 g/mol. The van der Waals surface area contributed by atoms with E-state index in [2.05, 4.69) is 10.3 Å². The molecule has 4 rings (SSSR count). The Labute approximate surface area is 165 Å². The van der Waals surface area contributed by atoms with E-state index in [0.29, 0.717) is 30.5 Å². The number of carbonyl (C=O) groups excluding carboxylic acids is 1. The molecule has 1 N–H and O–H groups in total. The first kappa shape index (κ1) is 19.2. The van der Waals surface area contributed by atoms with Gasteiger partial charge in [0.15, 0.2) is 11.7 Å². The Morgan fingerprint density at radius 2 is 2.00 bits per heavy atom. The quantitative estimate of drug-likeness (QED) is 0.782. The van der Waals surface area contributed by atoms with Gasteiger partial charge in [-0.05, 0) is 49.4 Å². The molecule has 5 nitrogen and oxygen atoms in total. The Balaban J connectivity index is 1.98. The van der Waals surface area contributed by atoms with Gasteiger partial charge in [0.05, 0.1) is 18.9 Å². The molecule has 29 heavy (non-hydrogen) atoms. The van der Waals surface area contributed by atoms with Gasteiger partial charge in [-0.25, -0.2) is 27.9 Å². The average Bonchev–Trinajstić information content (AvgIpc) is 2.67. The standard InChI is InChI=1S/C21H18F3N3O2/c1-11-17(20(28)29-2)21(7-3-4-12-8-13(22)5-6-15(12)21)27-19(26-11)18-16(24)9-14(23)10-25-18/h5-6,8-10H,3-4,7H2,1-2H3,(H,26,27). The fraction of sp³-hybridized carbons (Fsp3) is 0.286. The van der Waals surface area contributed by atoms with Crippen molar-refractivity contribution in [1.82, 2.24) is 10.3 Å². The Morgan fingerprint density at radius 1 is 1.21 bits per heavy atom. The Hall–Kier alpha value is -3.16. The highest BCUT2D eigenvalue weighted by molar-refractivity contribution is 6.03. The van der Waals surface area contributed by atoms with E-state index in [1.807, 2.05) is 0 Å². The number of aliphatic imine (C=N–C) groups is 1. The summed E-state index contributed by atoms with van der Waals surface area (Å²) in [6.45, 7) is 1.65. The minimum Gasteiger partial charge on any atom is -0.466 e. The zero-order chi connectivity index (χ0) is 20.8. The number of nitrogens with one attached hydrogen (secondary N) is 1. The second-order valence-electron chi connectivity index (χ2n) is 7.08. The first-order chi connectivity index (χ1) is 13.9. The summed E-state index contributed by atoms with van der Waals surface area (Å²) in [5.41, 5.74) is 0.739. The van der Waals surface area contributed by atoms with Crippen LogP contribution in [0.1, 0.15) is 36.6 Å². The minimum atomic E-state index is -1.18. The number of amidine groups is 1. The largest absolute Gasteiger partial charge is 0.466 e. The van der Waals surface area contributed by atoms with E-state index >= 15 is 0 Å². The van der Waals surface area contributed by atoms with Gasteiger partial charge in [-0.15, -0.1) is 0 Å². The molecule has 8 heteroatoms.